The summed E-state index contributed by atoms with van der Waals surface area (Å²) in [4.78, 5) is 0. The van der Waals surface area contributed by atoms with Gasteiger partial charge in [0.2, 0.25) is 0 Å². The van der Waals surface area contributed by atoms with Crippen LogP contribution in [0.4, 0.5) is 0 Å². The molecule has 0 fully saturated rings. The van der Waals surface area contributed by atoms with Crippen LogP contribution < -0.4 is 0 Å². The van der Waals surface area contributed by atoms with E-state index in [1.165, 1.54) is 4.09 Å². The van der Waals surface area contributed by atoms with Crippen LogP contribution in [0.15, 0.2) is 24.5 Å². The van der Waals surface area contributed by atoms with Gasteiger partial charge in [-0.15, -0.1) is 0 Å². The van der Waals surface area contributed by atoms with E-state index in [1.807, 2.05) is 12.1 Å². The molecule has 0 aliphatic rings. The van der Waals surface area contributed by atoms with Crippen LogP contribution in [0.5, 0.6) is 0 Å². The largest absolute Gasteiger partial charge is 0.268 e. The average Bonchev–Trinajstić information content (AvgIpc) is 1.86. The summed E-state index contributed by atoms with van der Waals surface area (Å²) < 4.78 is 1.47. The van der Waals surface area contributed by atoms with Gasteiger partial charge in [0, 0.05) is 24.2 Å². The molecule has 0 aliphatic carbocycles. The van der Waals surface area contributed by atoms with Crippen LogP contribution in [0.1, 0.15) is 0 Å². The first-order valence-corrected chi connectivity index (χ1v) is 2.02. The van der Waals surface area contributed by atoms with Gasteiger partial charge in [0.25, 0.3) is 0 Å². The number of halogens is 1. The topological polar surface area (TPSA) is 4.93 Å². The first-order valence-electron chi connectivity index (χ1n) is 1.69. The van der Waals surface area contributed by atoms with Crippen molar-refractivity contribution in [3.63, 3.8) is 0 Å². The summed E-state index contributed by atoms with van der Waals surface area (Å²) in [6, 6.07) is 3.74. The molecule has 0 aliphatic heterocycles. The number of rotatable bonds is 0. The highest BCUT2D eigenvalue weighted by Gasteiger charge is 1.71. The molecule has 1 aromatic heterocycles. The van der Waals surface area contributed by atoms with Gasteiger partial charge in [-0.25, -0.2) is 0 Å². The second-order valence-electron chi connectivity index (χ2n) is 1.03. The summed E-state index contributed by atoms with van der Waals surface area (Å²) in [5.41, 5.74) is 0. The third-order valence-corrected chi connectivity index (χ3v) is 0.793. The van der Waals surface area contributed by atoms with E-state index in [-0.39, 0.29) is 0 Å². The van der Waals surface area contributed by atoms with E-state index in [0.29, 0.717) is 0 Å². The molecule has 0 radical (unpaired) electrons. The van der Waals surface area contributed by atoms with Crippen molar-refractivity contribution in [3.05, 3.63) is 24.5 Å². The van der Waals surface area contributed by atoms with Crippen LogP contribution in [0.2, 0.25) is 0 Å². The van der Waals surface area contributed by atoms with Gasteiger partial charge in [-0.2, -0.15) is 0 Å². The molecule has 0 atom stereocenters. The average molecular weight is 102 g/mol. The molecule has 6 heavy (non-hydrogen) atoms. The number of hydrogen-bond donors (Lipinski definition) is 0. The zero-order chi connectivity index (χ0) is 4.41. The molecule has 0 bridgehead atoms. The Morgan fingerprint density at radius 1 is 1.17 bits per heavy atom. The summed E-state index contributed by atoms with van der Waals surface area (Å²) in [5, 5.41) is 0. The van der Waals surface area contributed by atoms with Crippen molar-refractivity contribution in [3.8, 4) is 0 Å². The van der Waals surface area contributed by atoms with Gasteiger partial charge < -0.3 is 0 Å². The normalized spacial score (nSPS) is 8.83. The highest BCUT2D eigenvalue weighted by molar-refractivity contribution is 6.15. The predicted octanol–water partition coefficient (Wildman–Crippen LogP) is 1.49. The lowest BCUT2D eigenvalue weighted by molar-refractivity contribution is 1.27. The maximum Gasteiger partial charge on any atom is 0.0213 e. The first kappa shape index (κ1) is 3.75. The van der Waals surface area contributed by atoms with Gasteiger partial charge in [-0.3, -0.25) is 4.09 Å². The minimum Gasteiger partial charge on any atom is -0.268 e. The molecule has 0 N–H and O–H groups in total. The minimum absolute atomic E-state index is 1.47. The summed E-state index contributed by atoms with van der Waals surface area (Å²) in [7, 11) is 0. The third kappa shape index (κ3) is 0.546. The van der Waals surface area contributed by atoms with Gasteiger partial charge in [0.1, 0.15) is 0 Å². The molecule has 2 heteroatoms. The van der Waals surface area contributed by atoms with E-state index in [2.05, 4.69) is 0 Å². The van der Waals surface area contributed by atoms with Crippen LogP contribution in [0.3, 0.4) is 0 Å². The SMILES string of the molecule is Cln1cccc1. The molecule has 0 spiro atoms. The van der Waals surface area contributed by atoms with Gasteiger partial charge in [0.15, 0.2) is 0 Å². The van der Waals surface area contributed by atoms with Gasteiger partial charge >= 0.3 is 0 Å². The molecule has 0 saturated heterocycles. The fourth-order valence-corrected chi connectivity index (χ4v) is 0.444. The predicted molar refractivity (Wildman–Crippen MR) is 25.7 cm³/mol. The molecule has 0 amide bonds. The van der Waals surface area contributed by atoms with Crippen LogP contribution in [0.25, 0.3) is 0 Å². The fourth-order valence-electron chi connectivity index (χ4n) is 0.314. The zero-order valence-corrected chi connectivity index (χ0v) is 3.89. The Morgan fingerprint density at radius 3 is 1.83 bits per heavy atom. The van der Waals surface area contributed by atoms with E-state index >= 15 is 0 Å². The summed E-state index contributed by atoms with van der Waals surface area (Å²) >= 11 is 5.37. The summed E-state index contributed by atoms with van der Waals surface area (Å²) in [6.45, 7) is 0. The van der Waals surface area contributed by atoms with Crippen LogP contribution in [-0.4, -0.2) is 4.09 Å². The van der Waals surface area contributed by atoms with E-state index in [0.717, 1.165) is 0 Å². The highest BCUT2D eigenvalue weighted by Crippen LogP contribution is 1.88. The first-order chi connectivity index (χ1) is 2.89. The lowest BCUT2D eigenvalue weighted by Gasteiger charge is -1.73. The fraction of sp³-hybridized carbons (Fsp3) is 0. The molecular weight excluding hydrogens is 97.5 g/mol. The van der Waals surface area contributed by atoms with Crippen molar-refractivity contribution in [1.82, 2.24) is 4.09 Å². The van der Waals surface area contributed by atoms with Crippen LogP contribution in [0, 0.1) is 0 Å². The highest BCUT2D eigenvalue weighted by atomic mass is 35.5. The van der Waals surface area contributed by atoms with E-state index in [4.69, 9.17) is 11.8 Å². The van der Waals surface area contributed by atoms with Crippen molar-refractivity contribution in [2.45, 2.75) is 0 Å². The number of nitrogens with zero attached hydrogens (tertiary/aromatic N) is 1. The maximum atomic E-state index is 5.37. The van der Waals surface area contributed by atoms with Crippen molar-refractivity contribution >= 4 is 11.8 Å². The lowest BCUT2D eigenvalue weighted by Crippen LogP contribution is -1.63. The number of aromatic nitrogens is 1. The monoisotopic (exact) mass is 101 g/mol. The Hall–Kier alpha value is -0.430. The molecule has 1 aromatic rings. The standard InChI is InChI=1S/C4H4ClN/c5-6-3-1-2-4-6/h1-4H. The minimum atomic E-state index is 1.47. The van der Waals surface area contributed by atoms with Crippen LogP contribution >= 0.6 is 11.8 Å². The molecule has 1 heterocycles. The third-order valence-electron chi connectivity index (χ3n) is 0.568. The quantitative estimate of drug-likeness (QED) is 0.467. The maximum absolute atomic E-state index is 5.37. The van der Waals surface area contributed by atoms with Crippen molar-refractivity contribution in [2.24, 2.45) is 0 Å². The molecule has 0 aromatic carbocycles. The summed E-state index contributed by atoms with van der Waals surface area (Å²) in [5.74, 6) is 0. The summed E-state index contributed by atoms with van der Waals surface area (Å²) in [6.07, 6.45) is 3.53. The Balaban J connectivity index is 3.05. The molecule has 1 rings (SSSR count). The Labute approximate surface area is 41.3 Å². The Morgan fingerprint density at radius 2 is 1.67 bits per heavy atom. The zero-order valence-electron chi connectivity index (χ0n) is 3.13. The number of hydrogen-bond acceptors (Lipinski definition) is 0. The van der Waals surface area contributed by atoms with E-state index in [1.54, 1.807) is 12.4 Å². The molecular formula is C4H4ClN. The van der Waals surface area contributed by atoms with E-state index in [9.17, 15) is 0 Å². The second kappa shape index (κ2) is 1.35. The van der Waals surface area contributed by atoms with Gasteiger partial charge in [-0.1, -0.05) is 0 Å². The van der Waals surface area contributed by atoms with Crippen LogP contribution in [-0.2, 0) is 0 Å². The Bertz CT molecular complexity index is 111. The Kier molecular flexibility index (Phi) is 0.843. The van der Waals surface area contributed by atoms with Gasteiger partial charge in [0.05, 0.1) is 0 Å². The van der Waals surface area contributed by atoms with Gasteiger partial charge in [-0.05, 0) is 12.1 Å². The van der Waals surface area contributed by atoms with E-state index < -0.39 is 0 Å². The molecule has 0 saturated carbocycles. The lowest BCUT2D eigenvalue weighted by atomic mass is 10.7. The molecule has 32 valence electrons. The van der Waals surface area contributed by atoms with Crippen molar-refractivity contribution in [1.29, 1.82) is 0 Å². The van der Waals surface area contributed by atoms with Crippen molar-refractivity contribution < 1.29 is 0 Å². The van der Waals surface area contributed by atoms with Crippen molar-refractivity contribution in [2.75, 3.05) is 0 Å². The molecule has 0 unspecified atom stereocenters. The molecule has 1 nitrogen and oxygen atoms in total. The smallest absolute Gasteiger partial charge is 0.0213 e. The second-order valence-corrected chi connectivity index (χ2v) is 1.42.